The SMILES string of the molecule is CCN(CC)S(=O)(=O)c1ccc2c(c1)CCN2S(=O)(=O)c1ccc(F)c(Cl)c1. The fourth-order valence-electron chi connectivity index (χ4n) is 3.24. The summed E-state index contributed by atoms with van der Waals surface area (Å²) in [6, 6.07) is 7.68. The highest BCUT2D eigenvalue weighted by Gasteiger charge is 2.33. The Balaban J connectivity index is 2.00. The van der Waals surface area contributed by atoms with Crippen molar-refractivity contribution in [1.82, 2.24) is 4.31 Å². The molecule has 0 N–H and O–H groups in total. The lowest BCUT2D eigenvalue weighted by Crippen LogP contribution is -2.31. The topological polar surface area (TPSA) is 74.8 Å². The van der Waals surface area contributed by atoms with Crippen LogP contribution in [-0.4, -0.2) is 40.8 Å². The number of sulfonamides is 2. The molecular weight excluding hydrogens is 427 g/mol. The summed E-state index contributed by atoms with van der Waals surface area (Å²) in [7, 11) is -7.58. The van der Waals surface area contributed by atoms with Gasteiger partial charge in [0.15, 0.2) is 0 Å². The predicted octanol–water partition coefficient (Wildman–Crippen LogP) is 3.26. The van der Waals surface area contributed by atoms with Crippen molar-refractivity contribution in [3.8, 4) is 0 Å². The maximum absolute atomic E-state index is 13.4. The zero-order valence-corrected chi connectivity index (χ0v) is 17.8. The molecule has 0 amide bonds. The van der Waals surface area contributed by atoms with Crippen molar-refractivity contribution in [3.05, 3.63) is 52.8 Å². The number of benzene rings is 2. The number of anilines is 1. The molecule has 2 aromatic rings. The summed E-state index contributed by atoms with van der Waals surface area (Å²) in [4.78, 5) is 0.0191. The number of halogens is 2. The molecule has 1 aliphatic rings. The number of nitrogens with zero attached hydrogens (tertiary/aromatic N) is 2. The molecule has 2 aromatic carbocycles. The molecule has 0 radical (unpaired) electrons. The fourth-order valence-corrected chi connectivity index (χ4v) is 6.52. The second-order valence-corrected chi connectivity index (χ2v) is 10.5. The van der Waals surface area contributed by atoms with Gasteiger partial charge in [0.2, 0.25) is 10.0 Å². The van der Waals surface area contributed by atoms with Crippen LogP contribution in [0.4, 0.5) is 10.1 Å². The lowest BCUT2D eigenvalue weighted by molar-refractivity contribution is 0.445. The Labute approximate surface area is 169 Å². The Hall–Kier alpha value is -1.68. The summed E-state index contributed by atoms with van der Waals surface area (Å²) < 4.78 is 67.3. The minimum atomic E-state index is -3.94. The molecule has 0 atom stereocenters. The molecule has 0 saturated carbocycles. The highest BCUT2D eigenvalue weighted by molar-refractivity contribution is 7.92. The van der Waals surface area contributed by atoms with E-state index in [0.717, 1.165) is 18.2 Å². The molecule has 0 saturated heterocycles. The molecule has 6 nitrogen and oxygen atoms in total. The minimum absolute atomic E-state index is 0.119. The second-order valence-electron chi connectivity index (χ2n) is 6.28. The molecule has 1 heterocycles. The van der Waals surface area contributed by atoms with Crippen LogP contribution in [0, 0.1) is 5.82 Å². The number of hydrogen-bond acceptors (Lipinski definition) is 4. The molecule has 0 bridgehead atoms. The van der Waals surface area contributed by atoms with E-state index in [0.29, 0.717) is 30.8 Å². The summed E-state index contributed by atoms with van der Waals surface area (Å²) in [6.45, 7) is 4.39. The Morgan fingerprint density at radius 2 is 1.68 bits per heavy atom. The van der Waals surface area contributed by atoms with Crippen LogP contribution in [0.25, 0.3) is 0 Å². The standard InChI is InChI=1S/C18H20ClFN2O4S2/c1-3-21(4-2)27(23,24)14-6-8-18-13(11-14)9-10-22(18)28(25,26)15-5-7-17(20)16(19)12-15/h5-8,11-12H,3-4,9-10H2,1-2H3. The van der Waals surface area contributed by atoms with Gasteiger partial charge in [-0.2, -0.15) is 4.31 Å². The largest absolute Gasteiger partial charge is 0.266 e. The first kappa shape index (κ1) is 21.0. The van der Waals surface area contributed by atoms with E-state index < -0.39 is 25.9 Å². The molecule has 10 heteroatoms. The third kappa shape index (κ3) is 3.52. The van der Waals surface area contributed by atoms with Crippen molar-refractivity contribution in [2.75, 3.05) is 23.9 Å². The van der Waals surface area contributed by atoms with E-state index >= 15 is 0 Å². The zero-order chi connectivity index (χ0) is 20.7. The first-order valence-electron chi connectivity index (χ1n) is 8.73. The van der Waals surface area contributed by atoms with Gasteiger partial charge in [0, 0.05) is 19.6 Å². The third-order valence-corrected chi connectivity index (χ3v) is 8.87. The summed E-state index contributed by atoms with van der Waals surface area (Å²) in [5, 5.41) is -0.277. The molecule has 0 aliphatic carbocycles. The van der Waals surface area contributed by atoms with Gasteiger partial charge < -0.3 is 0 Å². The van der Waals surface area contributed by atoms with Gasteiger partial charge in [-0.15, -0.1) is 0 Å². The molecule has 28 heavy (non-hydrogen) atoms. The smallest absolute Gasteiger partial charge is 0.264 e. The Morgan fingerprint density at radius 3 is 2.29 bits per heavy atom. The Morgan fingerprint density at radius 1 is 1.04 bits per heavy atom. The van der Waals surface area contributed by atoms with E-state index in [-0.39, 0.29) is 21.4 Å². The van der Waals surface area contributed by atoms with Crippen molar-refractivity contribution >= 4 is 37.3 Å². The molecule has 0 fully saturated rings. The molecule has 0 aromatic heterocycles. The quantitative estimate of drug-likeness (QED) is 0.682. The number of hydrogen-bond donors (Lipinski definition) is 0. The van der Waals surface area contributed by atoms with Crippen LogP contribution in [0.15, 0.2) is 46.2 Å². The van der Waals surface area contributed by atoms with Crippen molar-refractivity contribution in [1.29, 1.82) is 0 Å². The number of rotatable bonds is 6. The number of fused-ring (bicyclic) bond motifs is 1. The van der Waals surface area contributed by atoms with Gasteiger partial charge in [-0.25, -0.2) is 21.2 Å². The molecule has 1 aliphatic heterocycles. The summed E-state index contributed by atoms with van der Waals surface area (Å²) in [5.74, 6) is -0.700. The first-order chi connectivity index (χ1) is 13.1. The van der Waals surface area contributed by atoms with Crippen LogP contribution in [0.5, 0.6) is 0 Å². The normalized spacial score (nSPS) is 14.5. The van der Waals surface area contributed by atoms with Gasteiger partial charge in [0.05, 0.1) is 20.5 Å². The molecule has 0 spiro atoms. The van der Waals surface area contributed by atoms with E-state index in [1.54, 1.807) is 13.8 Å². The highest BCUT2D eigenvalue weighted by Crippen LogP contribution is 2.35. The van der Waals surface area contributed by atoms with Crippen molar-refractivity contribution in [2.24, 2.45) is 0 Å². The highest BCUT2D eigenvalue weighted by atomic mass is 35.5. The fraction of sp³-hybridized carbons (Fsp3) is 0.333. The maximum atomic E-state index is 13.4. The van der Waals surface area contributed by atoms with Crippen LogP contribution in [0.3, 0.4) is 0 Å². The maximum Gasteiger partial charge on any atom is 0.264 e. The Bertz CT molecular complexity index is 1120. The zero-order valence-electron chi connectivity index (χ0n) is 15.4. The van der Waals surface area contributed by atoms with Gasteiger partial charge in [-0.3, -0.25) is 4.31 Å². The van der Waals surface area contributed by atoms with Crippen LogP contribution in [0.2, 0.25) is 5.02 Å². The predicted molar refractivity (Wildman–Crippen MR) is 106 cm³/mol. The lowest BCUT2D eigenvalue weighted by atomic mass is 10.2. The van der Waals surface area contributed by atoms with E-state index in [4.69, 9.17) is 11.6 Å². The monoisotopic (exact) mass is 446 g/mol. The van der Waals surface area contributed by atoms with Gasteiger partial charge in [0.1, 0.15) is 5.82 Å². The Kier molecular flexibility index (Phi) is 5.73. The van der Waals surface area contributed by atoms with E-state index in [9.17, 15) is 21.2 Å². The van der Waals surface area contributed by atoms with E-state index in [1.165, 1.54) is 26.8 Å². The van der Waals surface area contributed by atoms with Crippen molar-refractivity contribution in [3.63, 3.8) is 0 Å². The van der Waals surface area contributed by atoms with Crippen LogP contribution < -0.4 is 4.31 Å². The first-order valence-corrected chi connectivity index (χ1v) is 12.0. The molecule has 0 unspecified atom stereocenters. The summed E-state index contributed by atoms with van der Waals surface area (Å²) in [6.07, 6.45) is 0.380. The summed E-state index contributed by atoms with van der Waals surface area (Å²) in [5.41, 5.74) is 1.05. The van der Waals surface area contributed by atoms with Gasteiger partial charge in [0.25, 0.3) is 10.0 Å². The van der Waals surface area contributed by atoms with E-state index in [2.05, 4.69) is 0 Å². The average Bonchev–Trinajstić information content (AvgIpc) is 3.08. The van der Waals surface area contributed by atoms with Gasteiger partial charge in [-0.05, 0) is 48.4 Å². The van der Waals surface area contributed by atoms with Crippen LogP contribution in [-0.2, 0) is 26.5 Å². The molecule has 152 valence electrons. The van der Waals surface area contributed by atoms with Gasteiger partial charge >= 0.3 is 0 Å². The van der Waals surface area contributed by atoms with Crippen LogP contribution >= 0.6 is 11.6 Å². The molecular formula is C18H20ClFN2O4S2. The van der Waals surface area contributed by atoms with Crippen molar-refractivity contribution in [2.45, 2.75) is 30.1 Å². The van der Waals surface area contributed by atoms with E-state index in [1.807, 2.05) is 0 Å². The third-order valence-electron chi connectivity index (χ3n) is 4.73. The van der Waals surface area contributed by atoms with Crippen LogP contribution in [0.1, 0.15) is 19.4 Å². The van der Waals surface area contributed by atoms with Crippen molar-refractivity contribution < 1.29 is 21.2 Å². The lowest BCUT2D eigenvalue weighted by Gasteiger charge is -2.21. The second kappa shape index (κ2) is 7.62. The minimum Gasteiger partial charge on any atom is -0.266 e. The van der Waals surface area contributed by atoms with Gasteiger partial charge in [-0.1, -0.05) is 25.4 Å². The summed E-state index contributed by atoms with van der Waals surface area (Å²) >= 11 is 5.73. The average molecular weight is 447 g/mol. The molecule has 3 rings (SSSR count).